The molecule has 1 amide bonds. The minimum Gasteiger partial charge on any atom is -0.469 e. The monoisotopic (exact) mass is 356 g/mol. The number of hydrogen-bond acceptors (Lipinski definition) is 7. The van der Waals surface area contributed by atoms with E-state index in [0.717, 1.165) is 5.56 Å². The van der Waals surface area contributed by atoms with Crippen molar-refractivity contribution in [3.05, 3.63) is 47.3 Å². The number of carbonyl (C=O) groups is 2. The summed E-state index contributed by atoms with van der Waals surface area (Å²) in [4.78, 5) is 34.0. The molecule has 2 aromatic rings. The lowest BCUT2D eigenvalue weighted by Crippen LogP contribution is -2.31. The van der Waals surface area contributed by atoms with Gasteiger partial charge in [-0.25, -0.2) is 14.8 Å². The molecular weight excluding hydrogens is 336 g/mol. The molecule has 0 fully saturated rings. The molecule has 8 heteroatoms. The van der Waals surface area contributed by atoms with Crippen molar-refractivity contribution in [3.63, 3.8) is 0 Å². The molecule has 0 saturated carbocycles. The first-order valence-electron chi connectivity index (χ1n) is 8.27. The van der Waals surface area contributed by atoms with Crippen molar-refractivity contribution in [1.29, 1.82) is 0 Å². The number of carbonyl (C=O) groups excluding carboxylic acids is 2. The number of rotatable bonds is 4. The summed E-state index contributed by atoms with van der Waals surface area (Å²) in [5, 5.41) is 0. The van der Waals surface area contributed by atoms with E-state index in [0.29, 0.717) is 17.9 Å². The molecule has 2 N–H and O–H groups in total. The highest BCUT2D eigenvalue weighted by atomic mass is 16.6. The van der Waals surface area contributed by atoms with Crippen molar-refractivity contribution in [2.75, 3.05) is 30.9 Å². The Morgan fingerprint density at radius 1 is 1.27 bits per heavy atom. The van der Waals surface area contributed by atoms with Gasteiger partial charge in [-0.15, -0.1) is 0 Å². The van der Waals surface area contributed by atoms with Crippen molar-refractivity contribution in [1.82, 2.24) is 9.97 Å². The molecule has 8 nitrogen and oxygen atoms in total. The van der Waals surface area contributed by atoms with Crippen molar-refractivity contribution in [2.24, 2.45) is 0 Å². The molecule has 3 rings (SSSR count). The van der Waals surface area contributed by atoms with Crippen LogP contribution in [-0.4, -0.2) is 42.3 Å². The summed E-state index contributed by atoms with van der Waals surface area (Å²) in [5.74, 6) is 0.182. The second kappa shape index (κ2) is 7.38. The van der Waals surface area contributed by atoms with E-state index in [-0.39, 0.29) is 30.6 Å². The van der Waals surface area contributed by atoms with Crippen LogP contribution in [0.5, 0.6) is 0 Å². The van der Waals surface area contributed by atoms with E-state index < -0.39 is 12.1 Å². The fraction of sp³-hybridized carbons (Fsp3) is 0.333. The first-order chi connectivity index (χ1) is 12.5. The largest absolute Gasteiger partial charge is 0.469 e. The molecule has 1 aromatic carbocycles. The molecule has 1 atom stereocenters. The van der Waals surface area contributed by atoms with Gasteiger partial charge in [-0.3, -0.25) is 9.69 Å². The number of nitrogens with two attached hydrogens (primary N) is 1. The molecule has 26 heavy (non-hydrogen) atoms. The number of benzene rings is 1. The third-order valence-corrected chi connectivity index (χ3v) is 4.19. The fourth-order valence-electron chi connectivity index (χ4n) is 3.02. The number of methoxy groups -OCH3 is 1. The van der Waals surface area contributed by atoms with E-state index >= 15 is 0 Å². The number of esters is 1. The maximum Gasteiger partial charge on any atom is 0.415 e. The summed E-state index contributed by atoms with van der Waals surface area (Å²) in [7, 11) is 1.29. The zero-order chi connectivity index (χ0) is 18.7. The highest BCUT2D eigenvalue weighted by Crippen LogP contribution is 2.41. The summed E-state index contributed by atoms with van der Waals surface area (Å²) in [6.07, 6.45) is -0.630. The molecule has 0 unspecified atom stereocenters. The van der Waals surface area contributed by atoms with E-state index in [2.05, 4.69) is 14.7 Å². The molecule has 0 radical (unpaired) electrons. The van der Waals surface area contributed by atoms with Crippen LogP contribution in [0.2, 0.25) is 0 Å². The quantitative estimate of drug-likeness (QED) is 0.833. The van der Waals surface area contributed by atoms with Gasteiger partial charge in [0.1, 0.15) is 23.9 Å². The predicted molar refractivity (Wildman–Crippen MR) is 94.8 cm³/mol. The third-order valence-electron chi connectivity index (χ3n) is 4.19. The van der Waals surface area contributed by atoms with Gasteiger partial charge in [-0.1, -0.05) is 30.3 Å². The second-order valence-corrected chi connectivity index (χ2v) is 5.79. The summed E-state index contributed by atoms with van der Waals surface area (Å²) in [6.45, 7) is 2.33. The lowest BCUT2D eigenvalue weighted by Gasteiger charge is -2.16. The standard InChI is InChI=1S/C18H20N4O4/c1-3-26-18(24)22-10-12(11-7-5-4-6-8-11)15-16(19)20-13(21-17(15)22)9-14(23)25-2/h4-8,12H,3,9-10H2,1-2H3,(H2,19,20,21)/t12-/m0/s1. The Kier molecular flexibility index (Phi) is 5.01. The number of nitrogens with zero attached hydrogens (tertiary/aromatic N) is 3. The number of amides is 1. The Labute approximate surface area is 150 Å². The van der Waals surface area contributed by atoms with Gasteiger partial charge in [0.25, 0.3) is 0 Å². The number of hydrogen-bond donors (Lipinski definition) is 1. The minimum atomic E-state index is -0.505. The SMILES string of the molecule is CCOC(=O)N1C[C@@H](c2ccccc2)c2c(N)nc(CC(=O)OC)nc21. The van der Waals surface area contributed by atoms with Crippen molar-refractivity contribution in [2.45, 2.75) is 19.3 Å². The van der Waals surface area contributed by atoms with Crippen LogP contribution >= 0.6 is 0 Å². The zero-order valence-electron chi connectivity index (χ0n) is 14.6. The average Bonchev–Trinajstić information content (AvgIpc) is 3.02. The van der Waals surface area contributed by atoms with Crippen LogP contribution in [0.4, 0.5) is 16.4 Å². The van der Waals surface area contributed by atoms with Crippen LogP contribution < -0.4 is 10.6 Å². The van der Waals surface area contributed by atoms with Crippen LogP contribution in [0.15, 0.2) is 30.3 Å². The van der Waals surface area contributed by atoms with Gasteiger partial charge in [0.05, 0.1) is 13.7 Å². The van der Waals surface area contributed by atoms with Crippen LogP contribution in [0.3, 0.4) is 0 Å². The van der Waals surface area contributed by atoms with E-state index in [9.17, 15) is 9.59 Å². The van der Waals surface area contributed by atoms with Gasteiger partial charge in [0, 0.05) is 18.0 Å². The van der Waals surface area contributed by atoms with Gasteiger partial charge in [0.2, 0.25) is 0 Å². The second-order valence-electron chi connectivity index (χ2n) is 5.79. The molecule has 2 heterocycles. The van der Waals surface area contributed by atoms with Crippen LogP contribution in [0, 0.1) is 0 Å². The number of ether oxygens (including phenoxy) is 2. The maximum atomic E-state index is 12.4. The fourth-order valence-corrected chi connectivity index (χ4v) is 3.02. The molecule has 0 aliphatic carbocycles. The Balaban J connectivity index is 2.06. The molecule has 1 aromatic heterocycles. The number of aromatic nitrogens is 2. The number of fused-ring (bicyclic) bond motifs is 1. The summed E-state index contributed by atoms with van der Waals surface area (Å²) >= 11 is 0. The summed E-state index contributed by atoms with van der Waals surface area (Å²) < 4.78 is 9.79. The van der Waals surface area contributed by atoms with Gasteiger partial charge < -0.3 is 15.2 Å². The lowest BCUT2D eigenvalue weighted by atomic mass is 9.94. The van der Waals surface area contributed by atoms with E-state index in [1.807, 2.05) is 30.3 Å². The highest BCUT2D eigenvalue weighted by molar-refractivity contribution is 5.91. The van der Waals surface area contributed by atoms with Crippen LogP contribution in [0.25, 0.3) is 0 Å². The first kappa shape index (κ1) is 17.7. The highest BCUT2D eigenvalue weighted by Gasteiger charge is 2.38. The lowest BCUT2D eigenvalue weighted by molar-refractivity contribution is -0.139. The minimum absolute atomic E-state index is 0.124. The molecular formula is C18H20N4O4. The van der Waals surface area contributed by atoms with Gasteiger partial charge in [0.15, 0.2) is 0 Å². The Morgan fingerprint density at radius 2 is 2.00 bits per heavy atom. The summed E-state index contributed by atoms with van der Waals surface area (Å²) in [6, 6.07) is 9.69. The molecule has 0 saturated heterocycles. The summed E-state index contributed by atoms with van der Waals surface area (Å²) in [5.41, 5.74) is 7.83. The van der Waals surface area contributed by atoms with Crippen LogP contribution in [0.1, 0.15) is 29.8 Å². The topological polar surface area (TPSA) is 108 Å². The van der Waals surface area contributed by atoms with E-state index in [4.69, 9.17) is 10.5 Å². The predicted octanol–water partition coefficient (Wildman–Crippen LogP) is 1.88. The maximum absolute atomic E-state index is 12.4. The number of nitrogen functional groups attached to an aromatic ring is 1. The zero-order valence-corrected chi connectivity index (χ0v) is 14.6. The van der Waals surface area contributed by atoms with Crippen molar-refractivity contribution in [3.8, 4) is 0 Å². The molecule has 0 spiro atoms. The number of anilines is 2. The molecule has 136 valence electrons. The molecule has 1 aliphatic rings. The van der Waals surface area contributed by atoms with Gasteiger partial charge in [-0.05, 0) is 12.5 Å². The molecule has 1 aliphatic heterocycles. The average molecular weight is 356 g/mol. The Hall–Kier alpha value is -3.16. The Morgan fingerprint density at radius 3 is 2.65 bits per heavy atom. The van der Waals surface area contributed by atoms with Gasteiger partial charge >= 0.3 is 12.1 Å². The normalized spacial score (nSPS) is 15.5. The van der Waals surface area contributed by atoms with Crippen molar-refractivity contribution < 1.29 is 19.1 Å². The first-order valence-corrected chi connectivity index (χ1v) is 8.27. The smallest absolute Gasteiger partial charge is 0.415 e. The van der Waals surface area contributed by atoms with Crippen molar-refractivity contribution >= 4 is 23.7 Å². The van der Waals surface area contributed by atoms with Crippen LogP contribution in [-0.2, 0) is 20.7 Å². The van der Waals surface area contributed by atoms with Gasteiger partial charge in [-0.2, -0.15) is 0 Å². The molecule has 0 bridgehead atoms. The van der Waals surface area contributed by atoms with E-state index in [1.54, 1.807) is 6.92 Å². The third kappa shape index (κ3) is 3.30. The Bertz CT molecular complexity index is 825. The van der Waals surface area contributed by atoms with E-state index in [1.165, 1.54) is 12.0 Å².